The van der Waals surface area contributed by atoms with Gasteiger partial charge in [0.05, 0.1) is 24.9 Å². The molecule has 200 valence electrons. The average Bonchev–Trinajstić information content (AvgIpc) is 3.36. The van der Waals surface area contributed by atoms with E-state index in [1.165, 1.54) is 6.92 Å². The minimum Gasteiger partial charge on any atom is -0.392 e. The normalized spacial score (nSPS) is 23.9. The quantitative estimate of drug-likeness (QED) is 0.418. The first-order valence-electron chi connectivity index (χ1n) is 13.3. The zero-order valence-corrected chi connectivity index (χ0v) is 21.8. The molecule has 4 atom stereocenters. The predicted octanol–water partition coefficient (Wildman–Crippen LogP) is 4.09. The van der Waals surface area contributed by atoms with Gasteiger partial charge in [-0.05, 0) is 34.2 Å². The monoisotopic (exact) mass is 516 g/mol. The summed E-state index contributed by atoms with van der Waals surface area (Å²) in [4.78, 5) is 13.7. The second-order valence-electron chi connectivity index (χ2n) is 10.2. The Morgan fingerprint density at radius 3 is 2.42 bits per heavy atom. The molecule has 0 aliphatic carbocycles. The van der Waals surface area contributed by atoms with Crippen molar-refractivity contribution in [3.63, 3.8) is 0 Å². The molecule has 5 rings (SSSR count). The number of amides is 1. The van der Waals surface area contributed by atoms with E-state index in [0.29, 0.717) is 13.1 Å². The molecule has 3 aromatic rings. The van der Waals surface area contributed by atoms with Gasteiger partial charge in [0.1, 0.15) is 0 Å². The van der Waals surface area contributed by atoms with Crippen LogP contribution in [-0.4, -0.2) is 52.9 Å². The van der Waals surface area contributed by atoms with Gasteiger partial charge < -0.3 is 25.0 Å². The van der Waals surface area contributed by atoms with E-state index in [-0.39, 0.29) is 30.8 Å². The highest BCUT2D eigenvalue weighted by molar-refractivity contribution is 5.74. The van der Waals surface area contributed by atoms with E-state index in [1.807, 2.05) is 54.6 Å². The van der Waals surface area contributed by atoms with Crippen LogP contribution in [0.3, 0.4) is 0 Å². The van der Waals surface area contributed by atoms with Crippen LogP contribution >= 0.6 is 0 Å². The molecule has 0 bridgehead atoms. The molecular weight excluding hydrogens is 480 g/mol. The third kappa shape index (κ3) is 6.49. The van der Waals surface area contributed by atoms with Crippen LogP contribution in [0.1, 0.15) is 54.4 Å². The van der Waals surface area contributed by atoms with Crippen LogP contribution in [0, 0.1) is 0 Å². The van der Waals surface area contributed by atoms with Crippen molar-refractivity contribution in [2.24, 2.45) is 0 Å². The summed E-state index contributed by atoms with van der Waals surface area (Å²) >= 11 is 0. The van der Waals surface area contributed by atoms with E-state index in [1.54, 1.807) is 0 Å². The number of carbonyl (C=O) groups excluding carboxylic acids is 1. The van der Waals surface area contributed by atoms with Crippen LogP contribution in [0.15, 0.2) is 72.8 Å². The van der Waals surface area contributed by atoms with E-state index in [4.69, 9.17) is 9.47 Å². The largest absolute Gasteiger partial charge is 0.392 e. The van der Waals surface area contributed by atoms with Crippen LogP contribution in [0.4, 0.5) is 0 Å². The van der Waals surface area contributed by atoms with E-state index >= 15 is 0 Å². The van der Waals surface area contributed by atoms with Gasteiger partial charge in [0.25, 0.3) is 0 Å². The van der Waals surface area contributed by atoms with E-state index in [2.05, 4.69) is 28.4 Å². The first-order chi connectivity index (χ1) is 18.5. The number of benzene rings is 3. The third-order valence-electron chi connectivity index (χ3n) is 7.36. The Hall–Kier alpha value is -3.07. The maximum Gasteiger partial charge on any atom is 0.217 e. The van der Waals surface area contributed by atoms with Crippen molar-refractivity contribution >= 4 is 5.91 Å². The zero-order chi connectivity index (χ0) is 26.5. The fraction of sp³-hybridized carbons (Fsp3) is 0.387. The van der Waals surface area contributed by atoms with Gasteiger partial charge in [0.15, 0.2) is 6.29 Å². The molecule has 2 fully saturated rings. The molecule has 7 nitrogen and oxygen atoms in total. The summed E-state index contributed by atoms with van der Waals surface area (Å²) in [5, 5.41) is 22.3. The van der Waals surface area contributed by atoms with Crippen LogP contribution in [0.5, 0.6) is 0 Å². The van der Waals surface area contributed by atoms with Crippen LogP contribution < -0.4 is 5.32 Å². The van der Waals surface area contributed by atoms with Gasteiger partial charge in [-0.2, -0.15) is 0 Å². The molecule has 3 aromatic carbocycles. The van der Waals surface area contributed by atoms with Gasteiger partial charge in [0, 0.05) is 45.1 Å². The predicted molar refractivity (Wildman–Crippen MR) is 145 cm³/mol. The minimum absolute atomic E-state index is 0.0116. The highest BCUT2D eigenvalue weighted by Crippen LogP contribution is 2.39. The molecule has 7 heteroatoms. The number of hydrogen-bond acceptors (Lipinski definition) is 6. The SMILES string of the molecule is CC(=O)NCc1ccccc1-c1ccc([C@H]2O[C@@H](CN3CC[C@H](O)C3)C[C@@H](c3ccc(CO)cc3)O2)cc1. The Bertz CT molecular complexity index is 1210. The zero-order valence-electron chi connectivity index (χ0n) is 21.8. The van der Waals surface area contributed by atoms with E-state index in [9.17, 15) is 15.0 Å². The van der Waals surface area contributed by atoms with Crippen LogP contribution in [-0.2, 0) is 27.4 Å². The number of likely N-dealkylation sites (tertiary alicyclic amines) is 1. The highest BCUT2D eigenvalue weighted by atomic mass is 16.7. The van der Waals surface area contributed by atoms with Crippen molar-refractivity contribution < 1.29 is 24.5 Å². The van der Waals surface area contributed by atoms with Crippen molar-refractivity contribution in [3.8, 4) is 11.1 Å². The minimum atomic E-state index is -0.521. The second-order valence-corrected chi connectivity index (χ2v) is 10.2. The maximum atomic E-state index is 11.4. The average molecular weight is 517 g/mol. The number of carbonyl (C=O) groups is 1. The van der Waals surface area contributed by atoms with Crippen LogP contribution in [0.2, 0.25) is 0 Å². The number of aliphatic hydroxyl groups is 2. The summed E-state index contributed by atoms with van der Waals surface area (Å²) in [6.45, 7) is 4.30. The fourth-order valence-electron chi connectivity index (χ4n) is 5.29. The van der Waals surface area contributed by atoms with Crippen molar-refractivity contribution in [3.05, 3.63) is 95.1 Å². The lowest BCUT2D eigenvalue weighted by atomic mass is 9.97. The Morgan fingerprint density at radius 1 is 1.00 bits per heavy atom. The summed E-state index contributed by atoms with van der Waals surface area (Å²) in [6, 6.07) is 24.2. The molecule has 2 heterocycles. The molecule has 3 N–H and O–H groups in total. The van der Waals surface area contributed by atoms with E-state index in [0.717, 1.165) is 59.3 Å². The number of hydrogen-bond donors (Lipinski definition) is 3. The summed E-state index contributed by atoms with van der Waals surface area (Å²) in [7, 11) is 0. The van der Waals surface area contributed by atoms with Gasteiger partial charge in [-0.1, -0.05) is 72.8 Å². The number of nitrogens with one attached hydrogen (secondary N) is 1. The highest BCUT2D eigenvalue weighted by Gasteiger charge is 2.34. The summed E-state index contributed by atoms with van der Waals surface area (Å²) in [6.07, 6.45) is 0.539. The summed E-state index contributed by atoms with van der Waals surface area (Å²) in [5.41, 5.74) is 6.06. The summed E-state index contributed by atoms with van der Waals surface area (Å²) in [5.74, 6) is -0.0553. The third-order valence-corrected chi connectivity index (χ3v) is 7.36. The van der Waals surface area contributed by atoms with Gasteiger partial charge in [-0.15, -0.1) is 0 Å². The number of rotatable bonds is 8. The van der Waals surface area contributed by atoms with Gasteiger partial charge in [-0.3, -0.25) is 9.69 Å². The van der Waals surface area contributed by atoms with Crippen molar-refractivity contribution in [1.82, 2.24) is 10.2 Å². The first-order valence-corrected chi connectivity index (χ1v) is 13.3. The van der Waals surface area contributed by atoms with Crippen molar-refractivity contribution in [1.29, 1.82) is 0 Å². The second kappa shape index (κ2) is 12.2. The van der Waals surface area contributed by atoms with Crippen molar-refractivity contribution in [2.45, 2.75) is 57.5 Å². The molecule has 38 heavy (non-hydrogen) atoms. The Balaban J connectivity index is 1.36. The topological polar surface area (TPSA) is 91.3 Å². The molecule has 0 radical (unpaired) electrons. The molecule has 0 aromatic heterocycles. The van der Waals surface area contributed by atoms with Gasteiger partial charge >= 0.3 is 0 Å². The smallest absolute Gasteiger partial charge is 0.217 e. The molecular formula is C31H36N2O5. The summed E-state index contributed by atoms with van der Waals surface area (Å²) < 4.78 is 12.9. The molecule has 0 unspecified atom stereocenters. The molecule has 1 amide bonds. The van der Waals surface area contributed by atoms with Crippen molar-refractivity contribution in [2.75, 3.05) is 19.6 Å². The number of ether oxygens (including phenoxy) is 2. The molecule has 2 aliphatic rings. The first kappa shape index (κ1) is 26.5. The number of nitrogens with zero attached hydrogens (tertiary/aromatic N) is 1. The van der Waals surface area contributed by atoms with Gasteiger partial charge in [0.2, 0.25) is 5.91 Å². The molecule has 0 spiro atoms. The molecule has 0 saturated carbocycles. The lowest BCUT2D eigenvalue weighted by molar-refractivity contribution is -0.252. The fourth-order valence-corrected chi connectivity index (χ4v) is 5.29. The van der Waals surface area contributed by atoms with Crippen LogP contribution in [0.25, 0.3) is 11.1 Å². The lowest BCUT2D eigenvalue weighted by Gasteiger charge is -2.38. The Labute approximate surface area is 224 Å². The maximum absolute atomic E-state index is 11.4. The lowest BCUT2D eigenvalue weighted by Crippen LogP contribution is -2.38. The molecule has 2 saturated heterocycles. The number of β-amino-alcohol motifs (C(OH)–C–C–N with tert-alkyl or cyclic N) is 1. The number of aliphatic hydroxyl groups excluding tert-OH is 2. The Kier molecular flexibility index (Phi) is 8.51. The Morgan fingerprint density at radius 2 is 1.74 bits per heavy atom. The van der Waals surface area contributed by atoms with E-state index < -0.39 is 6.29 Å². The van der Waals surface area contributed by atoms with Gasteiger partial charge in [-0.25, -0.2) is 0 Å². The molecule has 2 aliphatic heterocycles. The standard InChI is InChI=1S/C31H36N2O5/c1-21(35)32-17-26-4-2-3-5-29(26)23-10-12-25(13-11-23)31-37-28(19-33-15-14-27(36)18-33)16-30(38-31)24-8-6-22(20-34)7-9-24/h2-13,27-28,30-31,34,36H,14-20H2,1H3,(H,32,35)/t27-,28+,30-,31-/m0/s1.